The molecule has 0 aliphatic heterocycles. The van der Waals surface area contributed by atoms with Crippen LogP contribution in [-0.2, 0) is 13.9 Å². The van der Waals surface area contributed by atoms with Gasteiger partial charge in [-0.2, -0.15) is 0 Å². The Morgan fingerprint density at radius 1 is 1.28 bits per heavy atom. The fraction of sp³-hybridized carbons (Fsp3) is 0.909. The van der Waals surface area contributed by atoms with Gasteiger partial charge in [0.15, 0.2) is 0 Å². The van der Waals surface area contributed by atoms with Gasteiger partial charge in [0.2, 0.25) is 0 Å². The van der Waals surface area contributed by atoms with Crippen molar-refractivity contribution in [1.82, 2.24) is 0 Å². The molecule has 0 aromatic carbocycles. The van der Waals surface area contributed by atoms with Gasteiger partial charge in [0.25, 0.3) is 0 Å². The average Bonchev–Trinajstić information content (AvgIpc) is 2.21. The molecule has 7 heteroatoms. The van der Waals surface area contributed by atoms with Crippen LogP contribution in [-0.4, -0.2) is 30.9 Å². The van der Waals surface area contributed by atoms with Crippen LogP contribution >= 0.6 is 7.60 Å². The Hall–Kier alpha value is -0.420. The summed E-state index contributed by atoms with van der Waals surface area (Å²) in [6.07, 6.45) is 4.26. The van der Waals surface area contributed by atoms with Crippen molar-refractivity contribution in [2.75, 3.05) is 19.8 Å². The zero-order valence-corrected chi connectivity index (χ0v) is 12.2. The molecule has 0 spiro atoms. The van der Waals surface area contributed by atoms with E-state index in [0.29, 0.717) is 12.8 Å². The van der Waals surface area contributed by atoms with E-state index in [9.17, 15) is 14.3 Å². The van der Waals surface area contributed by atoms with E-state index in [1.54, 1.807) is 0 Å². The predicted octanol–water partition coefficient (Wildman–Crippen LogP) is 1.58. The second kappa shape index (κ2) is 13.0. The van der Waals surface area contributed by atoms with Gasteiger partial charge in [-0.3, -0.25) is 4.79 Å². The van der Waals surface area contributed by atoms with Crippen molar-refractivity contribution in [2.24, 2.45) is 5.73 Å². The first-order chi connectivity index (χ1) is 8.33. The first-order valence-electron chi connectivity index (χ1n) is 6.18. The number of carboxylic acids is 1. The first-order valence-corrected chi connectivity index (χ1v) is 8.17. The number of unbranched alkanes of at least 4 members (excludes halogenated alkanes) is 4. The second-order valence-electron chi connectivity index (χ2n) is 3.92. The number of nitrogens with two attached hydrogens (primary N) is 1. The van der Waals surface area contributed by atoms with Crippen molar-refractivity contribution < 1.29 is 23.9 Å². The zero-order chi connectivity index (χ0) is 14.4. The van der Waals surface area contributed by atoms with Crippen LogP contribution < -0.4 is 10.6 Å². The van der Waals surface area contributed by atoms with E-state index in [1.165, 1.54) is 0 Å². The lowest BCUT2D eigenvalue weighted by Gasteiger charge is -2.17. The molecule has 110 valence electrons. The molecular formula is C11H25NO5P-. The Labute approximate surface area is 109 Å². The highest BCUT2D eigenvalue weighted by Crippen LogP contribution is 2.31. The lowest BCUT2D eigenvalue weighted by Crippen LogP contribution is -2.03. The highest BCUT2D eigenvalue weighted by atomic mass is 31.2. The van der Waals surface area contributed by atoms with Crippen molar-refractivity contribution in [2.45, 2.75) is 45.4 Å². The summed E-state index contributed by atoms with van der Waals surface area (Å²) < 4.78 is 15.2. The van der Waals surface area contributed by atoms with Crippen LogP contribution in [0, 0.1) is 0 Å². The van der Waals surface area contributed by atoms with Gasteiger partial charge < -0.3 is 24.8 Å². The monoisotopic (exact) mass is 282 g/mol. The molecule has 1 unspecified atom stereocenters. The summed E-state index contributed by atoms with van der Waals surface area (Å²) >= 11 is 0. The van der Waals surface area contributed by atoms with E-state index in [2.05, 4.69) is 4.52 Å². The number of rotatable bonds is 9. The molecule has 0 saturated carbocycles. The molecule has 6 nitrogen and oxygen atoms in total. The summed E-state index contributed by atoms with van der Waals surface area (Å²) in [7, 11) is -3.57. The first kappa shape index (κ1) is 19.9. The largest absolute Gasteiger partial charge is 0.779 e. The summed E-state index contributed by atoms with van der Waals surface area (Å²) in [5.41, 5.74) is 4.85. The van der Waals surface area contributed by atoms with Gasteiger partial charge in [-0.25, -0.2) is 0 Å². The van der Waals surface area contributed by atoms with Crippen molar-refractivity contribution in [3.05, 3.63) is 0 Å². The normalized spacial score (nSPS) is 13.3. The Morgan fingerprint density at radius 3 is 2.17 bits per heavy atom. The van der Waals surface area contributed by atoms with Crippen molar-refractivity contribution >= 4 is 13.6 Å². The van der Waals surface area contributed by atoms with E-state index in [1.807, 2.05) is 6.92 Å². The van der Waals surface area contributed by atoms with Gasteiger partial charge in [-0.15, -0.1) is 0 Å². The van der Waals surface area contributed by atoms with Crippen LogP contribution in [0.1, 0.15) is 45.4 Å². The van der Waals surface area contributed by atoms with E-state index in [-0.39, 0.29) is 13.0 Å². The summed E-state index contributed by atoms with van der Waals surface area (Å²) in [5.74, 6) is -0.767. The standard InChI is InChI=1S/C9H19O5P.C2H7N/c1-15(12,13)14-8-6-4-2-3-5-7-9(10)11;1-2-3/h2-8H2,1H3,(H,10,11)(H,12,13);2-3H2,1H3/p-1. The molecule has 0 aromatic heterocycles. The Kier molecular flexibility index (Phi) is 14.4. The summed E-state index contributed by atoms with van der Waals surface area (Å²) in [6.45, 7) is 3.94. The molecule has 0 aliphatic carbocycles. The number of carboxylic acid groups (broad SMARTS) is 1. The van der Waals surface area contributed by atoms with Crippen LogP contribution in [0.3, 0.4) is 0 Å². The summed E-state index contributed by atoms with van der Waals surface area (Å²) in [4.78, 5) is 20.7. The fourth-order valence-corrected chi connectivity index (χ4v) is 1.60. The molecule has 0 rings (SSSR count). The molecule has 3 N–H and O–H groups in total. The Bertz CT molecular complexity index is 242. The molecule has 18 heavy (non-hydrogen) atoms. The quantitative estimate of drug-likeness (QED) is 0.490. The van der Waals surface area contributed by atoms with E-state index < -0.39 is 13.6 Å². The maximum Gasteiger partial charge on any atom is 0.303 e. The molecule has 0 saturated heterocycles. The molecule has 0 heterocycles. The van der Waals surface area contributed by atoms with Crippen LogP contribution in [0.2, 0.25) is 0 Å². The van der Waals surface area contributed by atoms with Crippen LogP contribution in [0.15, 0.2) is 0 Å². The van der Waals surface area contributed by atoms with Crippen molar-refractivity contribution in [1.29, 1.82) is 0 Å². The highest BCUT2D eigenvalue weighted by Gasteiger charge is 1.99. The molecular weight excluding hydrogens is 257 g/mol. The minimum absolute atomic E-state index is 0.210. The number of hydrogen-bond acceptors (Lipinski definition) is 5. The molecule has 1 atom stereocenters. The van der Waals surface area contributed by atoms with Gasteiger partial charge in [-0.05, 0) is 19.4 Å². The zero-order valence-electron chi connectivity index (χ0n) is 11.3. The minimum atomic E-state index is -3.57. The molecule has 0 aromatic rings. The third-order valence-electron chi connectivity index (χ3n) is 1.86. The predicted molar refractivity (Wildman–Crippen MR) is 69.5 cm³/mol. The molecule has 0 radical (unpaired) electrons. The highest BCUT2D eigenvalue weighted by molar-refractivity contribution is 7.50. The third-order valence-corrected chi connectivity index (χ3v) is 2.51. The van der Waals surface area contributed by atoms with E-state index >= 15 is 0 Å². The van der Waals surface area contributed by atoms with Gasteiger partial charge in [0.1, 0.15) is 7.60 Å². The van der Waals surface area contributed by atoms with Gasteiger partial charge in [0, 0.05) is 13.1 Å². The topological polar surface area (TPSA) is 113 Å². The summed E-state index contributed by atoms with van der Waals surface area (Å²) in [6, 6.07) is 0. The van der Waals surface area contributed by atoms with Crippen LogP contribution in [0.25, 0.3) is 0 Å². The molecule has 0 fully saturated rings. The summed E-state index contributed by atoms with van der Waals surface area (Å²) in [5, 5.41) is 8.36. The molecule has 0 aliphatic rings. The van der Waals surface area contributed by atoms with Crippen LogP contribution in [0.4, 0.5) is 0 Å². The maximum absolute atomic E-state index is 10.6. The van der Waals surface area contributed by atoms with Gasteiger partial charge in [0.05, 0.1) is 6.61 Å². The number of carbonyl (C=O) groups is 1. The minimum Gasteiger partial charge on any atom is -0.779 e. The van der Waals surface area contributed by atoms with Crippen molar-refractivity contribution in [3.63, 3.8) is 0 Å². The number of hydrogen-bond donors (Lipinski definition) is 2. The lowest BCUT2D eigenvalue weighted by atomic mass is 10.1. The SMILES string of the molecule is CCN.CP(=O)([O-])OCCCCCCCC(=O)O. The van der Waals surface area contributed by atoms with Gasteiger partial charge >= 0.3 is 5.97 Å². The Morgan fingerprint density at radius 2 is 1.72 bits per heavy atom. The maximum atomic E-state index is 10.6. The fourth-order valence-electron chi connectivity index (χ4n) is 1.14. The molecule has 0 bridgehead atoms. The van der Waals surface area contributed by atoms with Gasteiger partial charge in [-0.1, -0.05) is 26.2 Å². The van der Waals surface area contributed by atoms with Crippen LogP contribution in [0.5, 0.6) is 0 Å². The van der Waals surface area contributed by atoms with E-state index in [0.717, 1.165) is 32.5 Å². The number of aliphatic carboxylic acids is 1. The smallest absolute Gasteiger partial charge is 0.303 e. The van der Waals surface area contributed by atoms with E-state index in [4.69, 9.17) is 10.8 Å². The average molecular weight is 282 g/mol. The van der Waals surface area contributed by atoms with Crippen molar-refractivity contribution in [3.8, 4) is 0 Å². The lowest BCUT2D eigenvalue weighted by molar-refractivity contribution is -0.196. The second-order valence-corrected chi connectivity index (χ2v) is 5.73. The third kappa shape index (κ3) is 24.7. The Balaban J connectivity index is 0. The molecule has 0 amide bonds.